The van der Waals surface area contributed by atoms with Crippen LogP contribution in [0.3, 0.4) is 0 Å². The van der Waals surface area contributed by atoms with Crippen molar-refractivity contribution in [2.75, 3.05) is 12.4 Å². The van der Waals surface area contributed by atoms with Crippen molar-refractivity contribution in [2.45, 2.75) is 26.4 Å². The van der Waals surface area contributed by atoms with Crippen molar-refractivity contribution in [3.63, 3.8) is 0 Å². The number of halogens is 1. The molecule has 0 fully saturated rings. The van der Waals surface area contributed by atoms with Crippen LogP contribution in [0.25, 0.3) is 0 Å². The van der Waals surface area contributed by atoms with Crippen molar-refractivity contribution in [3.05, 3.63) is 52.7 Å². The molecule has 1 heterocycles. The second-order valence-electron chi connectivity index (χ2n) is 4.86. The minimum atomic E-state index is 0.359. The molecule has 1 N–H and O–H groups in total. The minimum Gasteiger partial charge on any atom is -0.487 e. The van der Waals surface area contributed by atoms with Crippen LogP contribution in [0.15, 0.2) is 36.4 Å². The highest BCUT2D eigenvalue weighted by molar-refractivity contribution is 6.31. The maximum absolute atomic E-state index is 6.15. The Morgan fingerprint density at radius 2 is 1.95 bits per heavy atom. The third kappa shape index (κ3) is 3.42. The molecule has 0 amide bonds. The molecular formula is C16H19ClN2O. The number of rotatable bonds is 5. The molecule has 0 aliphatic carbocycles. The second-order valence-corrected chi connectivity index (χ2v) is 5.26. The van der Waals surface area contributed by atoms with Crippen LogP contribution >= 0.6 is 11.6 Å². The molecular weight excluding hydrogens is 272 g/mol. The summed E-state index contributed by atoms with van der Waals surface area (Å²) < 4.78 is 5.89. The molecule has 0 radical (unpaired) electrons. The highest BCUT2D eigenvalue weighted by Crippen LogP contribution is 2.27. The number of hydrogen-bond acceptors (Lipinski definition) is 3. The SMILES string of the molecule is CNc1ccc(Cl)c(COc2ccccc2C(C)C)n1. The van der Waals surface area contributed by atoms with Crippen molar-refractivity contribution in [2.24, 2.45) is 0 Å². The molecule has 0 aliphatic rings. The first-order chi connectivity index (χ1) is 9.61. The molecule has 2 rings (SSSR count). The molecule has 0 atom stereocenters. The fraction of sp³-hybridized carbons (Fsp3) is 0.312. The number of nitrogens with one attached hydrogen (secondary N) is 1. The number of ether oxygens (including phenoxy) is 1. The predicted octanol–water partition coefficient (Wildman–Crippen LogP) is 4.48. The van der Waals surface area contributed by atoms with E-state index in [9.17, 15) is 0 Å². The summed E-state index contributed by atoms with van der Waals surface area (Å²) in [5.41, 5.74) is 1.92. The average Bonchev–Trinajstić information content (AvgIpc) is 2.46. The van der Waals surface area contributed by atoms with Crippen molar-refractivity contribution in [3.8, 4) is 5.75 Å². The van der Waals surface area contributed by atoms with Gasteiger partial charge in [0.1, 0.15) is 18.2 Å². The van der Waals surface area contributed by atoms with Gasteiger partial charge in [-0.1, -0.05) is 43.6 Å². The van der Waals surface area contributed by atoms with Crippen LogP contribution in [0.2, 0.25) is 5.02 Å². The summed E-state index contributed by atoms with van der Waals surface area (Å²) in [7, 11) is 1.83. The van der Waals surface area contributed by atoms with Gasteiger partial charge in [-0.2, -0.15) is 0 Å². The number of anilines is 1. The molecule has 106 valence electrons. The first-order valence-corrected chi connectivity index (χ1v) is 7.04. The summed E-state index contributed by atoms with van der Waals surface area (Å²) in [6.45, 7) is 4.65. The number of pyridine rings is 1. The van der Waals surface area contributed by atoms with Crippen LogP contribution in [0.5, 0.6) is 5.75 Å². The topological polar surface area (TPSA) is 34.1 Å². The standard InChI is InChI=1S/C16H19ClN2O/c1-11(2)12-6-4-5-7-15(12)20-10-14-13(17)8-9-16(18-3)19-14/h4-9,11H,10H2,1-3H3,(H,18,19). The van der Waals surface area contributed by atoms with Crippen molar-refractivity contribution >= 4 is 17.4 Å². The van der Waals surface area contributed by atoms with E-state index in [0.717, 1.165) is 17.3 Å². The monoisotopic (exact) mass is 290 g/mol. The third-order valence-electron chi connectivity index (χ3n) is 3.08. The second kappa shape index (κ2) is 6.62. The Morgan fingerprint density at radius 1 is 1.20 bits per heavy atom. The lowest BCUT2D eigenvalue weighted by atomic mass is 10.0. The van der Waals surface area contributed by atoms with Gasteiger partial charge in [-0.05, 0) is 29.7 Å². The van der Waals surface area contributed by atoms with Gasteiger partial charge < -0.3 is 10.1 Å². The molecule has 3 nitrogen and oxygen atoms in total. The molecule has 4 heteroatoms. The van der Waals surface area contributed by atoms with Crippen LogP contribution in [-0.4, -0.2) is 12.0 Å². The molecule has 0 bridgehead atoms. The normalized spacial score (nSPS) is 10.7. The maximum atomic E-state index is 6.15. The van der Waals surface area contributed by atoms with Crippen molar-refractivity contribution in [1.29, 1.82) is 0 Å². The highest BCUT2D eigenvalue weighted by atomic mass is 35.5. The van der Waals surface area contributed by atoms with Crippen LogP contribution in [-0.2, 0) is 6.61 Å². The van der Waals surface area contributed by atoms with Gasteiger partial charge in [0.15, 0.2) is 0 Å². The quantitative estimate of drug-likeness (QED) is 0.881. The predicted molar refractivity (Wildman–Crippen MR) is 83.7 cm³/mol. The van der Waals surface area contributed by atoms with Gasteiger partial charge in [-0.15, -0.1) is 0 Å². The number of para-hydroxylation sites is 1. The Balaban J connectivity index is 2.17. The molecule has 1 aromatic heterocycles. The Kier molecular flexibility index (Phi) is 4.85. The Hall–Kier alpha value is -1.74. The lowest BCUT2D eigenvalue weighted by molar-refractivity contribution is 0.297. The molecule has 20 heavy (non-hydrogen) atoms. The molecule has 0 spiro atoms. The summed E-state index contributed by atoms with van der Waals surface area (Å²) in [6.07, 6.45) is 0. The summed E-state index contributed by atoms with van der Waals surface area (Å²) in [6, 6.07) is 11.7. The summed E-state index contributed by atoms with van der Waals surface area (Å²) in [4.78, 5) is 4.41. The van der Waals surface area contributed by atoms with Crippen molar-refractivity contribution in [1.82, 2.24) is 4.98 Å². The Morgan fingerprint density at radius 3 is 2.65 bits per heavy atom. The van der Waals surface area contributed by atoms with Gasteiger partial charge in [0, 0.05) is 7.05 Å². The van der Waals surface area contributed by atoms with E-state index < -0.39 is 0 Å². The van der Waals surface area contributed by atoms with E-state index >= 15 is 0 Å². The summed E-state index contributed by atoms with van der Waals surface area (Å²) >= 11 is 6.15. The van der Waals surface area contributed by atoms with Gasteiger partial charge in [-0.3, -0.25) is 0 Å². The van der Waals surface area contributed by atoms with Gasteiger partial charge in [0.25, 0.3) is 0 Å². The van der Waals surface area contributed by atoms with E-state index in [-0.39, 0.29) is 0 Å². The van der Waals surface area contributed by atoms with E-state index in [1.54, 1.807) is 0 Å². The molecule has 0 aliphatic heterocycles. The van der Waals surface area contributed by atoms with Crippen LogP contribution in [0.1, 0.15) is 31.0 Å². The van der Waals surface area contributed by atoms with E-state index in [0.29, 0.717) is 17.5 Å². The van der Waals surface area contributed by atoms with E-state index in [1.807, 2.05) is 37.4 Å². The van der Waals surface area contributed by atoms with Gasteiger partial charge in [0.05, 0.1) is 10.7 Å². The first-order valence-electron chi connectivity index (χ1n) is 6.66. The van der Waals surface area contributed by atoms with Crippen LogP contribution in [0.4, 0.5) is 5.82 Å². The fourth-order valence-corrected chi connectivity index (χ4v) is 2.12. The minimum absolute atomic E-state index is 0.359. The van der Waals surface area contributed by atoms with E-state index in [4.69, 9.17) is 16.3 Å². The van der Waals surface area contributed by atoms with Gasteiger partial charge in [0.2, 0.25) is 0 Å². The van der Waals surface area contributed by atoms with Gasteiger partial charge in [-0.25, -0.2) is 4.98 Å². The number of hydrogen-bond donors (Lipinski definition) is 1. The molecule has 0 saturated heterocycles. The highest BCUT2D eigenvalue weighted by Gasteiger charge is 2.09. The molecule has 0 saturated carbocycles. The summed E-state index contributed by atoms with van der Waals surface area (Å²) in [5.74, 6) is 2.08. The largest absolute Gasteiger partial charge is 0.487 e. The van der Waals surface area contributed by atoms with Crippen LogP contribution in [0, 0.1) is 0 Å². The average molecular weight is 291 g/mol. The zero-order chi connectivity index (χ0) is 14.5. The molecule has 2 aromatic rings. The van der Waals surface area contributed by atoms with Crippen molar-refractivity contribution < 1.29 is 4.74 Å². The van der Waals surface area contributed by atoms with E-state index in [2.05, 4.69) is 30.2 Å². The lowest BCUT2D eigenvalue weighted by Gasteiger charge is -2.14. The zero-order valence-electron chi connectivity index (χ0n) is 12.0. The Labute approximate surface area is 124 Å². The van der Waals surface area contributed by atoms with Crippen LogP contribution < -0.4 is 10.1 Å². The van der Waals surface area contributed by atoms with Gasteiger partial charge >= 0.3 is 0 Å². The first kappa shape index (κ1) is 14.7. The fourth-order valence-electron chi connectivity index (χ4n) is 1.96. The molecule has 1 aromatic carbocycles. The molecule has 0 unspecified atom stereocenters. The Bertz CT molecular complexity index is 584. The third-order valence-corrected chi connectivity index (χ3v) is 3.42. The zero-order valence-corrected chi connectivity index (χ0v) is 12.7. The maximum Gasteiger partial charge on any atom is 0.132 e. The lowest BCUT2D eigenvalue weighted by Crippen LogP contribution is -2.04. The number of aromatic nitrogens is 1. The smallest absolute Gasteiger partial charge is 0.132 e. The summed E-state index contributed by atoms with van der Waals surface area (Å²) in [5, 5.41) is 3.61. The number of nitrogens with zero attached hydrogens (tertiary/aromatic N) is 1. The number of benzene rings is 1. The van der Waals surface area contributed by atoms with E-state index in [1.165, 1.54) is 5.56 Å².